The van der Waals surface area contributed by atoms with Crippen LogP contribution >= 0.6 is 0 Å². The van der Waals surface area contributed by atoms with Crippen molar-refractivity contribution in [2.24, 2.45) is 0 Å². The molecule has 3 rings (SSSR count). The number of urea groups is 1. The highest BCUT2D eigenvalue weighted by molar-refractivity contribution is 5.93. The minimum Gasteiger partial charge on any atom is -0.368 e. The number of amides is 2. The molecule has 2 amide bonds. The van der Waals surface area contributed by atoms with E-state index in [1.54, 1.807) is 0 Å². The minimum absolute atomic E-state index is 0.237. The molecule has 0 radical (unpaired) electrons. The summed E-state index contributed by atoms with van der Waals surface area (Å²) in [6, 6.07) is 15.5. The highest BCUT2D eigenvalue weighted by Crippen LogP contribution is 2.18. The highest BCUT2D eigenvalue weighted by atomic mass is 16.2. The van der Waals surface area contributed by atoms with Crippen molar-refractivity contribution in [1.82, 2.24) is 15.3 Å². The number of nitrogens with zero attached hydrogens (tertiary/aromatic N) is 2. The summed E-state index contributed by atoms with van der Waals surface area (Å²) in [4.78, 5) is 20.7. The Balaban J connectivity index is 1.46. The van der Waals surface area contributed by atoms with Crippen molar-refractivity contribution in [2.45, 2.75) is 13.8 Å². The molecule has 0 fully saturated rings. The van der Waals surface area contributed by atoms with Gasteiger partial charge in [0.25, 0.3) is 0 Å². The number of nitrogens with one attached hydrogen (secondary N) is 4. The second kappa shape index (κ2) is 8.84. The zero-order valence-corrected chi connectivity index (χ0v) is 15.5. The van der Waals surface area contributed by atoms with Gasteiger partial charge in [-0.15, -0.1) is 0 Å². The predicted molar refractivity (Wildman–Crippen MR) is 110 cm³/mol. The number of hydrogen-bond donors (Lipinski definition) is 4. The van der Waals surface area contributed by atoms with Gasteiger partial charge in [0.15, 0.2) is 0 Å². The van der Waals surface area contributed by atoms with Gasteiger partial charge in [-0.1, -0.05) is 30.3 Å². The average molecular weight is 364 g/mol. The minimum atomic E-state index is -0.237. The van der Waals surface area contributed by atoms with Crippen molar-refractivity contribution in [3.05, 3.63) is 54.2 Å². The Labute approximate surface area is 158 Å². The molecule has 3 aromatic rings. The van der Waals surface area contributed by atoms with E-state index in [0.717, 1.165) is 34.5 Å². The van der Waals surface area contributed by atoms with E-state index in [9.17, 15) is 4.79 Å². The van der Waals surface area contributed by atoms with Crippen molar-refractivity contribution >= 4 is 34.3 Å². The Morgan fingerprint density at radius 2 is 1.78 bits per heavy atom. The van der Waals surface area contributed by atoms with Crippen LogP contribution in [0.3, 0.4) is 0 Å². The third kappa shape index (κ3) is 5.31. The van der Waals surface area contributed by atoms with E-state index >= 15 is 0 Å². The zero-order valence-electron chi connectivity index (χ0n) is 15.5. The molecule has 0 spiro atoms. The van der Waals surface area contributed by atoms with Gasteiger partial charge in [-0.05, 0) is 36.8 Å². The van der Waals surface area contributed by atoms with E-state index in [-0.39, 0.29) is 6.03 Å². The number of rotatable bonds is 7. The topological polar surface area (TPSA) is 91.0 Å². The molecule has 1 aromatic heterocycles. The van der Waals surface area contributed by atoms with Gasteiger partial charge < -0.3 is 21.3 Å². The Kier molecular flexibility index (Phi) is 6.04. The third-order valence-electron chi connectivity index (χ3n) is 3.91. The lowest BCUT2D eigenvalue weighted by Gasteiger charge is -2.11. The average Bonchev–Trinajstić information content (AvgIpc) is 2.65. The first-order chi connectivity index (χ1) is 13.1. The third-order valence-corrected chi connectivity index (χ3v) is 3.91. The molecule has 0 atom stereocenters. The summed E-state index contributed by atoms with van der Waals surface area (Å²) in [5.41, 5.74) is 1.64. The summed E-state index contributed by atoms with van der Waals surface area (Å²) in [5, 5.41) is 14.2. The van der Waals surface area contributed by atoms with Gasteiger partial charge in [0.1, 0.15) is 5.82 Å². The molecular weight excluding hydrogens is 340 g/mol. The number of carbonyl (C=O) groups is 1. The van der Waals surface area contributed by atoms with E-state index in [4.69, 9.17) is 0 Å². The van der Waals surface area contributed by atoms with Gasteiger partial charge in [-0.2, -0.15) is 4.98 Å². The fourth-order valence-corrected chi connectivity index (χ4v) is 2.71. The van der Waals surface area contributed by atoms with E-state index < -0.39 is 0 Å². The molecule has 4 N–H and O–H groups in total. The molecule has 0 bridgehead atoms. The second-order valence-electron chi connectivity index (χ2n) is 6.12. The molecule has 0 unspecified atom stereocenters. The number of aromatic nitrogens is 2. The van der Waals surface area contributed by atoms with Crippen LogP contribution in [-0.4, -0.2) is 35.6 Å². The summed E-state index contributed by atoms with van der Waals surface area (Å²) < 4.78 is 0. The van der Waals surface area contributed by atoms with Crippen molar-refractivity contribution in [3.63, 3.8) is 0 Å². The first-order valence-corrected chi connectivity index (χ1v) is 9.01. The van der Waals surface area contributed by atoms with Crippen LogP contribution in [-0.2, 0) is 0 Å². The van der Waals surface area contributed by atoms with Gasteiger partial charge >= 0.3 is 6.03 Å². The molecule has 140 valence electrons. The van der Waals surface area contributed by atoms with Crippen molar-refractivity contribution in [1.29, 1.82) is 0 Å². The number of aryl methyl sites for hydroxylation is 1. The number of hydrogen-bond acceptors (Lipinski definition) is 5. The van der Waals surface area contributed by atoms with E-state index in [1.165, 1.54) is 0 Å². The number of benzene rings is 2. The summed E-state index contributed by atoms with van der Waals surface area (Å²) in [6.07, 6.45) is 0. The predicted octanol–water partition coefficient (Wildman–Crippen LogP) is 3.60. The quantitative estimate of drug-likeness (QED) is 0.481. The standard InChI is InChI=1S/C20H24N6O/c1-3-21-19-24-14(2)12-18(26-19)22-10-11-23-20(27)25-17-9-8-15-6-4-5-7-16(15)13-17/h4-9,12-13H,3,10-11H2,1-2H3,(H2,23,25,27)(H2,21,22,24,26). The lowest BCUT2D eigenvalue weighted by molar-refractivity contribution is 0.252. The summed E-state index contributed by atoms with van der Waals surface area (Å²) in [7, 11) is 0. The SMILES string of the molecule is CCNc1nc(C)cc(NCCNC(=O)Nc2ccc3ccccc3c2)n1. The van der Waals surface area contributed by atoms with Crippen LogP contribution in [0.4, 0.5) is 22.2 Å². The van der Waals surface area contributed by atoms with Crippen LogP contribution in [0.15, 0.2) is 48.5 Å². The van der Waals surface area contributed by atoms with Gasteiger partial charge in [0.05, 0.1) is 0 Å². The maximum absolute atomic E-state index is 12.1. The first-order valence-electron chi connectivity index (χ1n) is 9.01. The molecule has 0 saturated carbocycles. The molecule has 7 nitrogen and oxygen atoms in total. The van der Waals surface area contributed by atoms with Gasteiger partial charge in [-0.25, -0.2) is 9.78 Å². The summed E-state index contributed by atoms with van der Waals surface area (Å²) >= 11 is 0. The molecule has 0 saturated heterocycles. The fraction of sp³-hybridized carbons (Fsp3) is 0.250. The second-order valence-corrected chi connectivity index (χ2v) is 6.12. The molecule has 7 heteroatoms. The number of anilines is 3. The van der Waals surface area contributed by atoms with Gasteiger partial charge in [-0.3, -0.25) is 0 Å². The largest absolute Gasteiger partial charge is 0.368 e. The van der Waals surface area contributed by atoms with E-state index in [2.05, 4.69) is 31.2 Å². The monoisotopic (exact) mass is 364 g/mol. The van der Waals surface area contributed by atoms with Crippen LogP contribution in [0.5, 0.6) is 0 Å². The fourth-order valence-electron chi connectivity index (χ4n) is 2.71. The lowest BCUT2D eigenvalue weighted by Crippen LogP contribution is -2.32. The van der Waals surface area contributed by atoms with E-state index in [1.807, 2.05) is 62.4 Å². The van der Waals surface area contributed by atoms with Crippen LogP contribution < -0.4 is 21.3 Å². The van der Waals surface area contributed by atoms with E-state index in [0.29, 0.717) is 19.0 Å². The maximum atomic E-state index is 12.1. The number of fused-ring (bicyclic) bond motifs is 1. The molecule has 27 heavy (non-hydrogen) atoms. The molecule has 1 heterocycles. The first kappa shape index (κ1) is 18.4. The van der Waals surface area contributed by atoms with Crippen molar-refractivity contribution in [3.8, 4) is 0 Å². The Morgan fingerprint density at radius 3 is 2.59 bits per heavy atom. The molecule has 2 aromatic carbocycles. The van der Waals surface area contributed by atoms with Gasteiger partial charge in [0, 0.05) is 37.1 Å². The van der Waals surface area contributed by atoms with Crippen LogP contribution in [0.1, 0.15) is 12.6 Å². The Hall–Kier alpha value is -3.35. The summed E-state index contributed by atoms with van der Waals surface area (Å²) in [5.74, 6) is 1.33. The molecule has 0 aliphatic carbocycles. The molecule has 0 aliphatic heterocycles. The van der Waals surface area contributed by atoms with Crippen molar-refractivity contribution in [2.75, 3.05) is 35.6 Å². The van der Waals surface area contributed by atoms with Gasteiger partial charge in [0.2, 0.25) is 5.95 Å². The smallest absolute Gasteiger partial charge is 0.319 e. The van der Waals surface area contributed by atoms with Crippen LogP contribution in [0, 0.1) is 6.92 Å². The van der Waals surface area contributed by atoms with Crippen LogP contribution in [0.2, 0.25) is 0 Å². The molecular formula is C20H24N6O. The number of carbonyl (C=O) groups excluding carboxylic acids is 1. The lowest BCUT2D eigenvalue weighted by atomic mass is 10.1. The highest BCUT2D eigenvalue weighted by Gasteiger charge is 2.04. The molecule has 0 aliphatic rings. The normalized spacial score (nSPS) is 10.4. The van der Waals surface area contributed by atoms with Crippen molar-refractivity contribution < 1.29 is 4.79 Å². The Morgan fingerprint density at radius 1 is 0.963 bits per heavy atom. The zero-order chi connectivity index (χ0) is 19.1. The summed E-state index contributed by atoms with van der Waals surface area (Å²) in [6.45, 7) is 5.71. The maximum Gasteiger partial charge on any atom is 0.319 e. The van der Waals surface area contributed by atoms with Crippen LogP contribution in [0.25, 0.3) is 10.8 Å². The Bertz CT molecular complexity index is 927.